The lowest BCUT2D eigenvalue weighted by Crippen LogP contribution is -1.99. The van der Waals surface area contributed by atoms with Crippen molar-refractivity contribution in [2.75, 3.05) is 6.61 Å². The molecule has 2 unspecified atom stereocenters. The zero-order valence-corrected chi connectivity index (χ0v) is 5.00. The van der Waals surface area contributed by atoms with Crippen LogP contribution in [0.3, 0.4) is 0 Å². The van der Waals surface area contributed by atoms with E-state index in [-0.39, 0.29) is 0 Å². The Morgan fingerprint density at radius 1 is 1.88 bits per heavy atom. The van der Waals surface area contributed by atoms with Crippen LogP contribution >= 0.6 is 0 Å². The van der Waals surface area contributed by atoms with Gasteiger partial charge < -0.3 is 10.5 Å². The Bertz CT molecular complexity index is 96.7. The predicted molar refractivity (Wildman–Crippen MR) is 32.2 cm³/mol. The Kier molecular flexibility index (Phi) is 1.53. The summed E-state index contributed by atoms with van der Waals surface area (Å²) in [5, 5.41) is 0. The molecule has 0 saturated carbocycles. The van der Waals surface area contributed by atoms with Gasteiger partial charge in [0.05, 0.1) is 12.7 Å². The minimum atomic E-state index is 0.454. The quantitative estimate of drug-likeness (QED) is 0.529. The lowest BCUT2D eigenvalue weighted by molar-refractivity contribution is 0.371. The first-order chi connectivity index (χ1) is 3.84. The second-order valence-electron chi connectivity index (χ2n) is 2.12. The molecule has 1 aliphatic rings. The maximum atomic E-state index is 5.16. The van der Waals surface area contributed by atoms with Crippen LogP contribution in [0, 0.1) is 5.92 Å². The van der Waals surface area contributed by atoms with Crippen LogP contribution in [0.2, 0.25) is 0 Å². The lowest BCUT2D eigenvalue weighted by Gasteiger charge is -1.95. The van der Waals surface area contributed by atoms with Crippen molar-refractivity contribution in [3.05, 3.63) is 12.3 Å². The first-order valence-corrected chi connectivity index (χ1v) is 2.84. The molecule has 0 radical (unpaired) electrons. The summed E-state index contributed by atoms with van der Waals surface area (Å²) in [6.45, 7) is 3.01. The molecule has 2 heteroatoms. The van der Waals surface area contributed by atoms with Crippen molar-refractivity contribution in [3.8, 4) is 0 Å². The number of ether oxygens (including phenoxy) is 1. The average Bonchev–Trinajstić information content (AvgIpc) is 2.45. The molecule has 1 rings (SSSR count). The van der Waals surface area contributed by atoms with E-state index in [1.807, 2.05) is 6.08 Å². The molecule has 0 aromatic carbocycles. The van der Waals surface area contributed by atoms with Gasteiger partial charge in [0.15, 0.2) is 0 Å². The molecule has 2 N–H and O–H groups in total. The van der Waals surface area contributed by atoms with Gasteiger partial charge in [0.2, 0.25) is 0 Å². The van der Waals surface area contributed by atoms with Gasteiger partial charge in [-0.2, -0.15) is 0 Å². The number of nitrogens with two attached hydrogens (primary N) is 1. The van der Waals surface area contributed by atoms with Crippen LogP contribution in [0.4, 0.5) is 0 Å². The van der Waals surface area contributed by atoms with Gasteiger partial charge in [-0.1, -0.05) is 13.0 Å². The fourth-order valence-corrected chi connectivity index (χ4v) is 0.658. The molecule has 1 aliphatic heterocycles. The van der Waals surface area contributed by atoms with Crippen LogP contribution < -0.4 is 5.73 Å². The molecule has 1 saturated heterocycles. The average molecular weight is 113 g/mol. The molecule has 0 spiro atoms. The van der Waals surface area contributed by atoms with E-state index >= 15 is 0 Å². The van der Waals surface area contributed by atoms with Gasteiger partial charge in [-0.15, -0.1) is 0 Å². The van der Waals surface area contributed by atoms with Gasteiger partial charge in [0.25, 0.3) is 0 Å². The second kappa shape index (κ2) is 2.18. The highest BCUT2D eigenvalue weighted by Gasteiger charge is 2.27. The van der Waals surface area contributed by atoms with Crippen molar-refractivity contribution in [3.63, 3.8) is 0 Å². The zero-order valence-electron chi connectivity index (χ0n) is 5.00. The fourth-order valence-electron chi connectivity index (χ4n) is 0.658. The highest BCUT2D eigenvalue weighted by Crippen LogP contribution is 2.19. The van der Waals surface area contributed by atoms with Crippen LogP contribution in [0.25, 0.3) is 0 Å². The minimum absolute atomic E-state index is 0.454. The molecule has 0 aromatic rings. The van der Waals surface area contributed by atoms with E-state index in [0.717, 1.165) is 6.61 Å². The third kappa shape index (κ3) is 1.23. The highest BCUT2D eigenvalue weighted by atomic mass is 16.6. The largest absolute Gasteiger partial charge is 0.405 e. The third-order valence-electron chi connectivity index (χ3n) is 1.36. The summed E-state index contributed by atoms with van der Waals surface area (Å²) >= 11 is 0. The summed E-state index contributed by atoms with van der Waals surface area (Å²) in [6.07, 6.45) is 3.99. The molecule has 2 atom stereocenters. The Balaban J connectivity index is 2.22. The van der Waals surface area contributed by atoms with Crippen LogP contribution in [-0.2, 0) is 4.74 Å². The van der Waals surface area contributed by atoms with E-state index < -0.39 is 0 Å². The van der Waals surface area contributed by atoms with Crippen molar-refractivity contribution in [2.45, 2.75) is 13.0 Å². The molecule has 0 bridgehead atoms. The van der Waals surface area contributed by atoms with E-state index in [1.165, 1.54) is 0 Å². The molecule has 0 amide bonds. The minimum Gasteiger partial charge on any atom is -0.405 e. The molecule has 1 fully saturated rings. The number of hydrogen-bond donors (Lipinski definition) is 1. The van der Waals surface area contributed by atoms with E-state index in [9.17, 15) is 0 Å². The van der Waals surface area contributed by atoms with E-state index in [4.69, 9.17) is 10.5 Å². The topological polar surface area (TPSA) is 38.5 Å². The maximum Gasteiger partial charge on any atom is 0.0870 e. The van der Waals surface area contributed by atoms with Gasteiger partial charge in [0, 0.05) is 5.92 Å². The molecular weight excluding hydrogens is 102 g/mol. The fraction of sp³-hybridized carbons (Fsp3) is 0.667. The van der Waals surface area contributed by atoms with E-state index in [0.29, 0.717) is 12.0 Å². The summed E-state index contributed by atoms with van der Waals surface area (Å²) in [4.78, 5) is 0. The van der Waals surface area contributed by atoms with Crippen molar-refractivity contribution in [1.82, 2.24) is 0 Å². The number of rotatable bonds is 2. The predicted octanol–water partition coefficient (Wildman–Crippen LogP) is 0.494. The van der Waals surface area contributed by atoms with Crippen molar-refractivity contribution in [1.29, 1.82) is 0 Å². The molecule has 46 valence electrons. The smallest absolute Gasteiger partial charge is 0.0870 e. The van der Waals surface area contributed by atoms with Crippen molar-refractivity contribution < 1.29 is 4.74 Å². The first kappa shape index (κ1) is 5.63. The Hall–Kier alpha value is -0.500. The van der Waals surface area contributed by atoms with Crippen LogP contribution in [-0.4, -0.2) is 12.7 Å². The zero-order chi connectivity index (χ0) is 5.98. The Morgan fingerprint density at radius 3 is 2.88 bits per heavy atom. The van der Waals surface area contributed by atoms with Gasteiger partial charge in [-0.3, -0.25) is 0 Å². The highest BCUT2D eigenvalue weighted by molar-refractivity contribution is 4.91. The van der Waals surface area contributed by atoms with E-state index in [1.54, 1.807) is 6.20 Å². The van der Waals surface area contributed by atoms with E-state index in [2.05, 4.69) is 6.92 Å². The molecular formula is C6H11NO. The molecule has 0 aliphatic carbocycles. The summed E-state index contributed by atoms with van der Waals surface area (Å²) in [5.74, 6) is 0.500. The van der Waals surface area contributed by atoms with Gasteiger partial charge in [-0.05, 0) is 6.20 Å². The first-order valence-electron chi connectivity index (χ1n) is 2.84. The second-order valence-corrected chi connectivity index (χ2v) is 2.12. The SMILES string of the molecule is CC(/C=C/N)C1CO1. The van der Waals surface area contributed by atoms with Gasteiger partial charge in [-0.25, -0.2) is 0 Å². The third-order valence-corrected chi connectivity index (χ3v) is 1.36. The Labute approximate surface area is 49.3 Å². The number of hydrogen-bond acceptors (Lipinski definition) is 2. The Morgan fingerprint density at radius 2 is 2.50 bits per heavy atom. The van der Waals surface area contributed by atoms with Gasteiger partial charge >= 0.3 is 0 Å². The summed E-state index contributed by atoms with van der Waals surface area (Å²) < 4.78 is 5.02. The maximum absolute atomic E-state index is 5.16. The summed E-state index contributed by atoms with van der Waals surface area (Å²) in [6, 6.07) is 0. The lowest BCUT2D eigenvalue weighted by atomic mass is 10.1. The summed E-state index contributed by atoms with van der Waals surface area (Å²) in [7, 11) is 0. The summed E-state index contributed by atoms with van der Waals surface area (Å²) in [5.41, 5.74) is 5.16. The normalized spacial score (nSPS) is 30.9. The van der Waals surface area contributed by atoms with Gasteiger partial charge in [0.1, 0.15) is 0 Å². The molecule has 8 heavy (non-hydrogen) atoms. The van der Waals surface area contributed by atoms with Crippen LogP contribution in [0.5, 0.6) is 0 Å². The monoisotopic (exact) mass is 113 g/mol. The van der Waals surface area contributed by atoms with Crippen LogP contribution in [0.15, 0.2) is 12.3 Å². The molecule has 1 heterocycles. The van der Waals surface area contributed by atoms with Crippen LogP contribution in [0.1, 0.15) is 6.92 Å². The molecule has 0 aromatic heterocycles. The van der Waals surface area contributed by atoms with Crippen molar-refractivity contribution >= 4 is 0 Å². The number of epoxide rings is 1. The van der Waals surface area contributed by atoms with Crippen molar-refractivity contribution in [2.24, 2.45) is 11.7 Å². The molecule has 2 nitrogen and oxygen atoms in total. The standard InChI is InChI=1S/C6H11NO/c1-5(2-3-7)6-4-8-6/h2-3,5-6H,4,7H2,1H3/b3-2+.